The number of benzene rings is 1. The molecular formula is C24H21N5O2S2. The number of aromatic amines is 1. The summed E-state index contributed by atoms with van der Waals surface area (Å²) in [5, 5.41) is 6.92. The van der Waals surface area contributed by atoms with E-state index in [1.807, 2.05) is 61.0 Å². The monoisotopic (exact) mass is 475 g/mol. The molecule has 0 fully saturated rings. The molecule has 0 aliphatic carbocycles. The van der Waals surface area contributed by atoms with Crippen molar-refractivity contribution in [2.45, 2.75) is 19.9 Å². The van der Waals surface area contributed by atoms with Crippen molar-refractivity contribution in [1.82, 2.24) is 24.6 Å². The van der Waals surface area contributed by atoms with Crippen LogP contribution in [0.2, 0.25) is 0 Å². The summed E-state index contributed by atoms with van der Waals surface area (Å²) < 4.78 is 1.78. The molecule has 4 heterocycles. The van der Waals surface area contributed by atoms with Gasteiger partial charge in [-0.1, -0.05) is 18.2 Å². The lowest BCUT2D eigenvalue weighted by Gasteiger charge is -2.15. The van der Waals surface area contributed by atoms with Crippen LogP contribution in [0, 0.1) is 6.92 Å². The van der Waals surface area contributed by atoms with Crippen LogP contribution in [0.25, 0.3) is 26.3 Å². The second-order valence-electron chi connectivity index (χ2n) is 7.81. The van der Waals surface area contributed by atoms with Crippen LogP contribution in [-0.4, -0.2) is 37.6 Å². The van der Waals surface area contributed by atoms with E-state index in [0.717, 1.165) is 21.7 Å². The van der Waals surface area contributed by atoms with Crippen LogP contribution < -0.4 is 5.56 Å². The van der Waals surface area contributed by atoms with E-state index >= 15 is 0 Å². The van der Waals surface area contributed by atoms with E-state index in [9.17, 15) is 9.59 Å². The van der Waals surface area contributed by atoms with Gasteiger partial charge in [-0.15, -0.1) is 22.7 Å². The number of likely N-dealkylation sites (N-methyl/N-ethyl adjacent to an activating group) is 1. The van der Waals surface area contributed by atoms with Gasteiger partial charge in [0.15, 0.2) is 0 Å². The van der Waals surface area contributed by atoms with Gasteiger partial charge in [-0.05, 0) is 31.2 Å². The molecule has 5 rings (SSSR count). The smallest absolute Gasteiger partial charge is 0.260 e. The Hall–Kier alpha value is -3.56. The minimum absolute atomic E-state index is 0.0276. The van der Waals surface area contributed by atoms with E-state index in [-0.39, 0.29) is 17.9 Å². The van der Waals surface area contributed by atoms with Crippen LogP contribution in [-0.2, 0) is 17.8 Å². The molecular weight excluding hydrogens is 454 g/mol. The lowest BCUT2D eigenvalue weighted by atomic mass is 10.2. The van der Waals surface area contributed by atoms with E-state index in [1.54, 1.807) is 34.2 Å². The number of hydrogen-bond donors (Lipinski definition) is 1. The third-order valence-electron chi connectivity index (χ3n) is 5.32. The third-order valence-corrected chi connectivity index (χ3v) is 7.23. The first kappa shape index (κ1) is 21.3. The number of H-pyrrole nitrogens is 1. The van der Waals surface area contributed by atoms with Crippen molar-refractivity contribution >= 4 is 38.8 Å². The number of nitrogens with zero attached hydrogens (tertiary/aromatic N) is 4. The summed E-state index contributed by atoms with van der Waals surface area (Å²) in [6.07, 6.45) is 3.69. The van der Waals surface area contributed by atoms with Crippen molar-refractivity contribution < 1.29 is 4.79 Å². The number of fused-ring (bicyclic) bond motifs is 1. The molecule has 0 unspecified atom stereocenters. The molecule has 9 heteroatoms. The summed E-state index contributed by atoms with van der Waals surface area (Å²) in [5.74, 6) is 0.246. The molecule has 4 aromatic heterocycles. The molecule has 1 aromatic carbocycles. The molecule has 0 saturated heterocycles. The van der Waals surface area contributed by atoms with Gasteiger partial charge in [0.25, 0.3) is 5.56 Å². The van der Waals surface area contributed by atoms with Crippen LogP contribution in [0.4, 0.5) is 0 Å². The number of carbonyl (C=O) groups is 1. The number of carbonyl (C=O) groups excluding carboxylic acids is 1. The molecule has 33 heavy (non-hydrogen) atoms. The first-order valence-electron chi connectivity index (χ1n) is 10.4. The Morgan fingerprint density at radius 2 is 2.00 bits per heavy atom. The molecule has 0 bridgehead atoms. The SMILES string of the molecule is Cc1ccc(-c2csc3nc(CC(=O)N(C)Cc4cnn(-c5ccccc5)c4)[nH]c(=O)c23)s1. The highest BCUT2D eigenvalue weighted by Gasteiger charge is 2.17. The quantitative estimate of drug-likeness (QED) is 0.394. The fraction of sp³-hybridized carbons (Fsp3) is 0.167. The van der Waals surface area contributed by atoms with Crippen LogP contribution in [0.5, 0.6) is 0 Å². The summed E-state index contributed by atoms with van der Waals surface area (Å²) in [6, 6.07) is 13.9. The summed E-state index contributed by atoms with van der Waals surface area (Å²) >= 11 is 3.07. The number of nitrogens with one attached hydrogen (secondary N) is 1. The van der Waals surface area contributed by atoms with Gasteiger partial charge in [0.2, 0.25) is 5.91 Å². The molecule has 7 nitrogen and oxygen atoms in total. The molecule has 0 radical (unpaired) electrons. The third kappa shape index (κ3) is 4.37. The van der Waals surface area contributed by atoms with E-state index in [2.05, 4.69) is 15.1 Å². The van der Waals surface area contributed by atoms with Gasteiger partial charge < -0.3 is 9.88 Å². The van der Waals surface area contributed by atoms with Gasteiger partial charge in [0.05, 0.1) is 23.7 Å². The largest absolute Gasteiger partial charge is 0.341 e. The summed E-state index contributed by atoms with van der Waals surface area (Å²) in [4.78, 5) is 37.5. The van der Waals surface area contributed by atoms with Crippen molar-refractivity contribution in [3.63, 3.8) is 0 Å². The Balaban J connectivity index is 1.31. The summed E-state index contributed by atoms with van der Waals surface area (Å²) in [6.45, 7) is 2.46. The first-order valence-corrected chi connectivity index (χ1v) is 12.1. The normalized spacial score (nSPS) is 11.2. The Bertz CT molecular complexity index is 1500. The van der Waals surface area contributed by atoms with Crippen LogP contribution in [0.1, 0.15) is 16.3 Å². The molecule has 5 aromatic rings. The van der Waals surface area contributed by atoms with Crippen molar-refractivity contribution in [1.29, 1.82) is 0 Å². The van der Waals surface area contributed by atoms with Crippen LogP contribution >= 0.6 is 22.7 Å². The van der Waals surface area contributed by atoms with Gasteiger partial charge >= 0.3 is 0 Å². The topological polar surface area (TPSA) is 83.9 Å². The first-order chi connectivity index (χ1) is 16.0. The van der Waals surface area contributed by atoms with Gasteiger partial charge in [0.1, 0.15) is 10.7 Å². The van der Waals surface area contributed by atoms with Gasteiger partial charge in [-0.2, -0.15) is 5.10 Å². The maximum absolute atomic E-state index is 12.8. The van der Waals surface area contributed by atoms with E-state index in [4.69, 9.17) is 0 Å². The molecule has 0 spiro atoms. The summed E-state index contributed by atoms with van der Waals surface area (Å²) in [7, 11) is 1.74. The predicted molar refractivity (Wildman–Crippen MR) is 132 cm³/mol. The Kier molecular flexibility index (Phi) is 5.65. The fourth-order valence-electron chi connectivity index (χ4n) is 3.64. The van der Waals surface area contributed by atoms with Crippen molar-refractivity contribution in [2.24, 2.45) is 0 Å². The number of thiophene rings is 2. The molecule has 1 N–H and O–H groups in total. The highest BCUT2D eigenvalue weighted by molar-refractivity contribution is 7.19. The zero-order chi connectivity index (χ0) is 22.9. The molecule has 166 valence electrons. The van der Waals surface area contributed by atoms with Crippen LogP contribution in [0.15, 0.2) is 65.0 Å². The Morgan fingerprint density at radius 1 is 1.18 bits per heavy atom. The molecule has 1 amide bonds. The maximum atomic E-state index is 12.8. The second-order valence-corrected chi connectivity index (χ2v) is 9.95. The zero-order valence-corrected chi connectivity index (χ0v) is 19.7. The maximum Gasteiger partial charge on any atom is 0.260 e. The van der Waals surface area contributed by atoms with Gasteiger partial charge in [-0.25, -0.2) is 9.67 Å². The molecule has 0 atom stereocenters. The number of amides is 1. The lowest BCUT2D eigenvalue weighted by molar-refractivity contribution is -0.129. The van der Waals surface area contributed by atoms with E-state index < -0.39 is 0 Å². The van der Waals surface area contributed by atoms with Crippen molar-refractivity contribution in [3.05, 3.63) is 86.9 Å². The predicted octanol–water partition coefficient (Wildman–Crippen LogP) is 4.41. The fourth-order valence-corrected chi connectivity index (χ4v) is 5.56. The van der Waals surface area contributed by atoms with Gasteiger partial charge in [-0.3, -0.25) is 9.59 Å². The lowest BCUT2D eigenvalue weighted by Crippen LogP contribution is -2.29. The Morgan fingerprint density at radius 3 is 2.76 bits per heavy atom. The summed E-state index contributed by atoms with van der Waals surface area (Å²) in [5.41, 5.74) is 2.56. The number of aromatic nitrogens is 4. The second kappa shape index (κ2) is 8.76. The molecule has 0 aliphatic rings. The van der Waals surface area contributed by atoms with Crippen molar-refractivity contribution in [2.75, 3.05) is 7.05 Å². The van der Waals surface area contributed by atoms with Crippen LogP contribution in [0.3, 0.4) is 0 Å². The van der Waals surface area contributed by atoms with Crippen molar-refractivity contribution in [3.8, 4) is 16.1 Å². The highest BCUT2D eigenvalue weighted by Crippen LogP contribution is 2.35. The zero-order valence-electron chi connectivity index (χ0n) is 18.1. The number of aryl methyl sites for hydroxylation is 1. The molecule has 0 saturated carbocycles. The van der Waals surface area contributed by atoms with E-state index in [1.165, 1.54) is 16.2 Å². The average Bonchev–Trinajstić information content (AvgIpc) is 3.54. The number of hydrogen-bond acceptors (Lipinski definition) is 6. The standard InChI is InChI=1S/C24H21N5O2S2/c1-15-8-9-19(33-15)18-14-32-24-22(18)23(31)26-20(27-24)10-21(30)28(2)12-16-11-25-29(13-16)17-6-4-3-5-7-17/h3-9,11,13-14H,10,12H2,1-2H3,(H,26,27,31). The van der Waals surface area contributed by atoms with Gasteiger partial charge in [0, 0.05) is 46.1 Å². The number of para-hydroxylation sites is 1. The van der Waals surface area contributed by atoms with E-state index in [0.29, 0.717) is 22.6 Å². The average molecular weight is 476 g/mol. The highest BCUT2D eigenvalue weighted by atomic mass is 32.1. The minimum Gasteiger partial charge on any atom is -0.341 e. The number of rotatable bonds is 6. The minimum atomic E-state index is -0.211. The molecule has 0 aliphatic heterocycles. The Labute approximate surface area is 198 Å².